The van der Waals surface area contributed by atoms with Crippen molar-refractivity contribution < 1.29 is 5.11 Å². The summed E-state index contributed by atoms with van der Waals surface area (Å²) in [6.07, 6.45) is 2.47. The van der Waals surface area contributed by atoms with E-state index in [-0.39, 0.29) is 6.61 Å². The normalized spacial score (nSPS) is 11.0. The van der Waals surface area contributed by atoms with Gasteiger partial charge in [0.25, 0.3) is 0 Å². The zero-order chi connectivity index (χ0) is 13.5. The lowest BCUT2D eigenvalue weighted by Gasteiger charge is -2.29. The van der Waals surface area contributed by atoms with Gasteiger partial charge in [-0.2, -0.15) is 0 Å². The SMILES string of the molecule is CCC(CC)CN(CC)c1ccc(CO)cc1C. The van der Waals surface area contributed by atoms with Crippen LogP contribution >= 0.6 is 0 Å². The molecule has 0 saturated heterocycles. The average Bonchev–Trinajstić information content (AvgIpc) is 2.41. The third-order valence-corrected chi connectivity index (χ3v) is 3.80. The van der Waals surface area contributed by atoms with Gasteiger partial charge in [-0.3, -0.25) is 0 Å². The number of hydrogen-bond acceptors (Lipinski definition) is 2. The van der Waals surface area contributed by atoms with Crippen molar-refractivity contribution >= 4 is 5.69 Å². The molecule has 1 N–H and O–H groups in total. The molecule has 0 saturated carbocycles. The molecular weight excluding hydrogens is 222 g/mol. The van der Waals surface area contributed by atoms with E-state index in [1.807, 2.05) is 6.07 Å². The summed E-state index contributed by atoms with van der Waals surface area (Å²) >= 11 is 0. The van der Waals surface area contributed by atoms with Gasteiger partial charge < -0.3 is 10.0 Å². The molecule has 102 valence electrons. The van der Waals surface area contributed by atoms with Crippen molar-refractivity contribution in [3.8, 4) is 0 Å². The van der Waals surface area contributed by atoms with Crippen LogP contribution < -0.4 is 4.90 Å². The van der Waals surface area contributed by atoms with Gasteiger partial charge in [-0.15, -0.1) is 0 Å². The van der Waals surface area contributed by atoms with E-state index in [1.54, 1.807) is 0 Å². The molecule has 0 spiro atoms. The second kappa shape index (κ2) is 7.42. The maximum Gasteiger partial charge on any atom is 0.0681 e. The van der Waals surface area contributed by atoms with Gasteiger partial charge in [0.15, 0.2) is 0 Å². The summed E-state index contributed by atoms with van der Waals surface area (Å²) in [6.45, 7) is 11.2. The summed E-state index contributed by atoms with van der Waals surface area (Å²) in [5.41, 5.74) is 3.56. The number of rotatable bonds is 7. The Morgan fingerprint density at radius 2 is 1.83 bits per heavy atom. The van der Waals surface area contributed by atoms with E-state index in [0.29, 0.717) is 0 Å². The van der Waals surface area contributed by atoms with Crippen LogP contribution in [-0.4, -0.2) is 18.2 Å². The molecule has 0 bridgehead atoms. The highest BCUT2D eigenvalue weighted by molar-refractivity contribution is 5.54. The molecule has 1 aromatic carbocycles. The van der Waals surface area contributed by atoms with Crippen LogP contribution in [0, 0.1) is 12.8 Å². The molecule has 0 aliphatic heterocycles. The van der Waals surface area contributed by atoms with Crippen molar-refractivity contribution in [2.75, 3.05) is 18.0 Å². The fourth-order valence-corrected chi connectivity index (χ4v) is 2.43. The van der Waals surface area contributed by atoms with Crippen molar-refractivity contribution in [2.24, 2.45) is 5.92 Å². The Bertz CT molecular complexity index is 358. The minimum Gasteiger partial charge on any atom is -0.392 e. The van der Waals surface area contributed by atoms with Crippen LogP contribution in [-0.2, 0) is 6.61 Å². The molecule has 2 heteroatoms. The minimum absolute atomic E-state index is 0.125. The van der Waals surface area contributed by atoms with Crippen molar-refractivity contribution in [3.63, 3.8) is 0 Å². The zero-order valence-electron chi connectivity index (χ0n) is 12.2. The molecule has 0 amide bonds. The lowest BCUT2D eigenvalue weighted by Crippen LogP contribution is -2.29. The molecule has 0 aliphatic carbocycles. The van der Waals surface area contributed by atoms with Crippen LogP contribution in [0.4, 0.5) is 5.69 Å². The van der Waals surface area contributed by atoms with Crippen LogP contribution in [0.2, 0.25) is 0 Å². The predicted octanol–water partition coefficient (Wildman–Crippen LogP) is 3.75. The van der Waals surface area contributed by atoms with Gasteiger partial charge in [0.1, 0.15) is 0 Å². The Labute approximate surface area is 112 Å². The summed E-state index contributed by atoms with van der Waals surface area (Å²) in [4.78, 5) is 2.45. The Balaban J connectivity index is 2.87. The van der Waals surface area contributed by atoms with Crippen LogP contribution in [0.25, 0.3) is 0 Å². The minimum atomic E-state index is 0.125. The van der Waals surface area contributed by atoms with Crippen LogP contribution in [0.15, 0.2) is 18.2 Å². The monoisotopic (exact) mass is 249 g/mol. The molecule has 0 unspecified atom stereocenters. The summed E-state index contributed by atoms with van der Waals surface area (Å²) < 4.78 is 0. The molecule has 1 rings (SSSR count). The number of hydrogen-bond donors (Lipinski definition) is 1. The molecule has 0 atom stereocenters. The van der Waals surface area contributed by atoms with E-state index in [1.165, 1.54) is 24.1 Å². The first-order valence-electron chi connectivity index (χ1n) is 7.11. The second-order valence-corrected chi connectivity index (χ2v) is 5.00. The zero-order valence-corrected chi connectivity index (χ0v) is 12.2. The summed E-state index contributed by atoms with van der Waals surface area (Å²) in [7, 11) is 0. The van der Waals surface area contributed by atoms with E-state index >= 15 is 0 Å². The number of aryl methyl sites for hydroxylation is 1. The third kappa shape index (κ3) is 3.74. The van der Waals surface area contributed by atoms with Gasteiger partial charge >= 0.3 is 0 Å². The largest absolute Gasteiger partial charge is 0.392 e. The molecular formula is C16H27NO. The summed E-state index contributed by atoms with van der Waals surface area (Å²) in [5, 5.41) is 9.16. The van der Waals surface area contributed by atoms with Gasteiger partial charge in [-0.05, 0) is 37.0 Å². The quantitative estimate of drug-likeness (QED) is 0.795. The van der Waals surface area contributed by atoms with E-state index in [4.69, 9.17) is 5.11 Å². The number of anilines is 1. The maximum atomic E-state index is 9.16. The fraction of sp³-hybridized carbons (Fsp3) is 0.625. The Morgan fingerprint density at radius 1 is 1.17 bits per heavy atom. The predicted molar refractivity (Wildman–Crippen MR) is 79.1 cm³/mol. The highest BCUT2D eigenvalue weighted by Crippen LogP contribution is 2.23. The fourth-order valence-electron chi connectivity index (χ4n) is 2.43. The van der Waals surface area contributed by atoms with Crippen molar-refractivity contribution in [1.29, 1.82) is 0 Å². The molecule has 0 aliphatic rings. The molecule has 0 radical (unpaired) electrons. The maximum absolute atomic E-state index is 9.16. The van der Waals surface area contributed by atoms with E-state index in [2.05, 4.69) is 44.7 Å². The Hall–Kier alpha value is -1.02. The van der Waals surface area contributed by atoms with Crippen molar-refractivity contribution in [3.05, 3.63) is 29.3 Å². The lowest BCUT2D eigenvalue weighted by molar-refractivity contribution is 0.282. The molecule has 0 aromatic heterocycles. The summed E-state index contributed by atoms with van der Waals surface area (Å²) in [6, 6.07) is 6.26. The Kier molecular flexibility index (Phi) is 6.20. The van der Waals surface area contributed by atoms with Gasteiger partial charge in [-0.1, -0.05) is 38.8 Å². The molecule has 2 nitrogen and oxygen atoms in total. The Morgan fingerprint density at radius 3 is 2.28 bits per heavy atom. The number of nitrogens with zero attached hydrogens (tertiary/aromatic N) is 1. The number of aliphatic hydroxyl groups excluding tert-OH is 1. The first-order valence-corrected chi connectivity index (χ1v) is 7.11. The highest BCUT2D eigenvalue weighted by Gasteiger charge is 2.12. The summed E-state index contributed by atoms with van der Waals surface area (Å²) in [5.74, 6) is 0.766. The topological polar surface area (TPSA) is 23.5 Å². The first-order chi connectivity index (χ1) is 8.65. The van der Waals surface area contributed by atoms with E-state index in [0.717, 1.165) is 24.6 Å². The molecule has 1 aromatic rings. The van der Waals surface area contributed by atoms with Crippen molar-refractivity contribution in [2.45, 2.75) is 47.1 Å². The van der Waals surface area contributed by atoms with E-state index in [9.17, 15) is 0 Å². The van der Waals surface area contributed by atoms with Crippen molar-refractivity contribution in [1.82, 2.24) is 0 Å². The smallest absolute Gasteiger partial charge is 0.0681 e. The van der Waals surface area contributed by atoms with Gasteiger partial charge in [0.2, 0.25) is 0 Å². The van der Waals surface area contributed by atoms with Gasteiger partial charge in [-0.25, -0.2) is 0 Å². The second-order valence-electron chi connectivity index (χ2n) is 5.00. The molecule has 0 heterocycles. The highest BCUT2D eigenvalue weighted by atomic mass is 16.3. The van der Waals surface area contributed by atoms with Crippen LogP contribution in [0.5, 0.6) is 0 Å². The standard InChI is InChI=1S/C16H27NO/c1-5-14(6-2)11-17(7-3)16-9-8-15(12-18)10-13(16)4/h8-10,14,18H,5-7,11-12H2,1-4H3. The molecule has 18 heavy (non-hydrogen) atoms. The van der Waals surface area contributed by atoms with Crippen LogP contribution in [0.1, 0.15) is 44.7 Å². The van der Waals surface area contributed by atoms with Crippen LogP contribution in [0.3, 0.4) is 0 Å². The molecule has 0 fully saturated rings. The first kappa shape index (κ1) is 15.0. The van der Waals surface area contributed by atoms with Gasteiger partial charge in [0, 0.05) is 18.8 Å². The third-order valence-electron chi connectivity index (χ3n) is 3.80. The van der Waals surface area contributed by atoms with E-state index < -0.39 is 0 Å². The van der Waals surface area contributed by atoms with Gasteiger partial charge in [0.05, 0.1) is 6.61 Å². The average molecular weight is 249 g/mol. The lowest BCUT2D eigenvalue weighted by atomic mass is 10.0. The number of benzene rings is 1. The number of aliphatic hydroxyl groups is 1.